The maximum atomic E-state index is 12.0. The van der Waals surface area contributed by atoms with Gasteiger partial charge in [0, 0.05) is 11.9 Å². The Morgan fingerprint density at radius 3 is 2.76 bits per heavy atom. The molecule has 2 heterocycles. The minimum absolute atomic E-state index is 0.0326. The summed E-state index contributed by atoms with van der Waals surface area (Å²) in [5.41, 5.74) is 3.43. The molecule has 2 aromatic rings. The second-order valence-corrected chi connectivity index (χ2v) is 5.64. The maximum absolute atomic E-state index is 12.0. The van der Waals surface area contributed by atoms with Gasteiger partial charge in [-0.25, -0.2) is 4.98 Å². The molecule has 1 aliphatic rings. The summed E-state index contributed by atoms with van der Waals surface area (Å²) in [6.45, 7) is 2.00. The highest BCUT2D eigenvalue weighted by Crippen LogP contribution is 2.30. The lowest BCUT2D eigenvalue weighted by Crippen LogP contribution is -2.29. The molecule has 0 N–H and O–H groups in total. The van der Waals surface area contributed by atoms with Gasteiger partial charge in [-0.15, -0.1) is 0 Å². The van der Waals surface area contributed by atoms with Crippen LogP contribution >= 0.6 is 23.2 Å². The van der Waals surface area contributed by atoms with Gasteiger partial charge >= 0.3 is 0 Å². The summed E-state index contributed by atoms with van der Waals surface area (Å²) < 4.78 is 0. The first-order valence-electron chi connectivity index (χ1n) is 6.46. The smallest absolute Gasteiger partial charge is 0.224 e. The number of rotatable bonds is 0. The molecule has 0 radical (unpaired) electrons. The SMILES string of the molecule is CC(=O)N1Cc2ccc(Cl)nc2C=Cc2cc(Cl)ccc21. The first-order chi connectivity index (χ1) is 10.0. The molecule has 0 aliphatic carbocycles. The number of pyridine rings is 1. The number of anilines is 1. The van der Waals surface area contributed by atoms with Crippen molar-refractivity contribution < 1.29 is 4.79 Å². The first kappa shape index (κ1) is 14.1. The van der Waals surface area contributed by atoms with Crippen LogP contribution in [-0.2, 0) is 11.3 Å². The molecule has 21 heavy (non-hydrogen) atoms. The molecular formula is C16H12Cl2N2O. The van der Waals surface area contributed by atoms with E-state index in [9.17, 15) is 4.79 Å². The zero-order valence-corrected chi connectivity index (χ0v) is 12.8. The van der Waals surface area contributed by atoms with Crippen LogP contribution in [0.1, 0.15) is 23.7 Å². The number of carbonyl (C=O) groups is 1. The molecule has 0 saturated heterocycles. The minimum atomic E-state index is -0.0326. The average molecular weight is 319 g/mol. The van der Waals surface area contributed by atoms with E-state index in [1.165, 1.54) is 0 Å². The lowest BCUT2D eigenvalue weighted by Gasteiger charge is -2.25. The van der Waals surface area contributed by atoms with E-state index in [0.717, 1.165) is 22.5 Å². The summed E-state index contributed by atoms with van der Waals surface area (Å²) >= 11 is 12.0. The number of nitrogens with zero attached hydrogens (tertiary/aromatic N) is 2. The number of fused-ring (bicyclic) bond motifs is 2. The van der Waals surface area contributed by atoms with E-state index in [4.69, 9.17) is 23.2 Å². The zero-order valence-electron chi connectivity index (χ0n) is 11.3. The third-order valence-corrected chi connectivity index (χ3v) is 3.83. The average Bonchev–Trinajstić information content (AvgIpc) is 2.42. The highest BCUT2D eigenvalue weighted by Gasteiger charge is 2.19. The molecule has 0 fully saturated rings. The van der Waals surface area contributed by atoms with Gasteiger partial charge in [0.2, 0.25) is 5.91 Å². The monoisotopic (exact) mass is 318 g/mol. The molecular weight excluding hydrogens is 307 g/mol. The van der Waals surface area contributed by atoms with Crippen molar-refractivity contribution in [1.82, 2.24) is 4.98 Å². The molecule has 0 bridgehead atoms. The molecule has 3 nitrogen and oxygen atoms in total. The van der Waals surface area contributed by atoms with Crippen LogP contribution < -0.4 is 4.90 Å². The van der Waals surface area contributed by atoms with Crippen LogP contribution in [0.15, 0.2) is 30.3 Å². The zero-order chi connectivity index (χ0) is 15.0. The van der Waals surface area contributed by atoms with Gasteiger partial charge in [-0.05, 0) is 41.5 Å². The van der Waals surface area contributed by atoms with Gasteiger partial charge < -0.3 is 4.90 Å². The molecule has 0 unspecified atom stereocenters. The Balaban J connectivity index is 2.21. The highest BCUT2D eigenvalue weighted by atomic mass is 35.5. The number of amides is 1. The van der Waals surface area contributed by atoms with Gasteiger partial charge in [-0.2, -0.15) is 0 Å². The fraction of sp³-hybridized carbons (Fsp3) is 0.125. The first-order valence-corrected chi connectivity index (χ1v) is 7.21. The van der Waals surface area contributed by atoms with E-state index in [0.29, 0.717) is 16.7 Å². The summed E-state index contributed by atoms with van der Waals surface area (Å²) in [4.78, 5) is 18.0. The predicted molar refractivity (Wildman–Crippen MR) is 86.5 cm³/mol. The van der Waals surface area contributed by atoms with E-state index in [1.54, 1.807) is 24.0 Å². The number of hydrogen-bond donors (Lipinski definition) is 0. The Labute approximate surface area is 132 Å². The maximum Gasteiger partial charge on any atom is 0.224 e. The Morgan fingerprint density at radius 1 is 1.19 bits per heavy atom. The van der Waals surface area contributed by atoms with Crippen molar-refractivity contribution in [2.75, 3.05) is 4.90 Å². The third kappa shape index (κ3) is 2.80. The molecule has 0 spiro atoms. The standard InChI is InChI=1S/C16H12Cl2N2O/c1-10(21)20-9-12-3-7-16(18)19-14(12)5-2-11-8-13(17)4-6-15(11)20/h2-8H,9H2,1H3. The Morgan fingerprint density at radius 2 is 2.00 bits per heavy atom. The number of benzene rings is 1. The van der Waals surface area contributed by atoms with Crippen LogP contribution in [0.3, 0.4) is 0 Å². The van der Waals surface area contributed by atoms with E-state index in [2.05, 4.69) is 4.98 Å². The lowest BCUT2D eigenvalue weighted by atomic mass is 10.0. The predicted octanol–water partition coefficient (Wildman–Crippen LogP) is 4.43. The molecule has 0 atom stereocenters. The van der Waals surface area contributed by atoms with Crippen LogP contribution in [0, 0.1) is 0 Å². The summed E-state index contributed by atoms with van der Waals surface area (Å²) in [6, 6.07) is 9.10. The van der Waals surface area contributed by atoms with Gasteiger partial charge in [0.15, 0.2) is 0 Å². The largest absolute Gasteiger partial charge is 0.308 e. The van der Waals surface area contributed by atoms with Gasteiger partial charge in [0.25, 0.3) is 0 Å². The van der Waals surface area contributed by atoms with Crippen molar-refractivity contribution in [3.8, 4) is 0 Å². The van der Waals surface area contributed by atoms with E-state index >= 15 is 0 Å². The number of carbonyl (C=O) groups excluding carboxylic acids is 1. The third-order valence-electron chi connectivity index (χ3n) is 3.39. The van der Waals surface area contributed by atoms with Gasteiger partial charge in [0.05, 0.1) is 17.9 Å². The molecule has 3 rings (SSSR count). The minimum Gasteiger partial charge on any atom is -0.308 e. The van der Waals surface area contributed by atoms with Crippen molar-refractivity contribution in [3.63, 3.8) is 0 Å². The van der Waals surface area contributed by atoms with E-state index < -0.39 is 0 Å². The highest BCUT2D eigenvalue weighted by molar-refractivity contribution is 6.31. The quantitative estimate of drug-likeness (QED) is 0.673. The van der Waals surface area contributed by atoms with Gasteiger partial charge in [0.1, 0.15) is 5.15 Å². The number of hydrogen-bond acceptors (Lipinski definition) is 2. The van der Waals surface area contributed by atoms with Crippen LogP contribution in [-0.4, -0.2) is 10.9 Å². The fourth-order valence-corrected chi connectivity index (χ4v) is 2.70. The molecule has 5 heteroatoms. The van der Waals surface area contributed by atoms with Crippen LogP contribution in [0.5, 0.6) is 0 Å². The fourth-order valence-electron chi connectivity index (χ4n) is 2.37. The normalized spacial score (nSPS) is 13.2. The number of halogens is 2. The Hall–Kier alpha value is -1.84. The topological polar surface area (TPSA) is 33.2 Å². The van der Waals surface area contributed by atoms with Crippen molar-refractivity contribution in [3.05, 3.63) is 57.3 Å². The van der Waals surface area contributed by atoms with Crippen molar-refractivity contribution in [2.45, 2.75) is 13.5 Å². The van der Waals surface area contributed by atoms with Crippen LogP contribution in [0.2, 0.25) is 10.2 Å². The molecule has 1 aromatic carbocycles. The summed E-state index contributed by atoms with van der Waals surface area (Å²) in [5.74, 6) is -0.0326. The van der Waals surface area contributed by atoms with Crippen LogP contribution in [0.4, 0.5) is 5.69 Å². The second kappa shape index (κ2) is 5.51. The van der Waals surface area contributed by atoms with Gasteiger partial charge in [-0.3, -0.25) is 4.79 Å². The Bertz CT molecular complexity index is 756. The molecule has 1 amide bonds. The van der Waals surface area contributed by atoms with Crippen molar-refractivity contribution in [2.24, 2.45) is 0 Å². The van der Waals surface area contributed by atoms with E-state index in [1.807, 2.05) is 30.4 Å². The lowest BCUT2D eigenvalue weighted by molar-refractivity contribution is -0.116. The van der Waals surface area contributed by atoms with Crippen molar-refractivity contribution >= 4 is 46.9 Å². The molecule has 1 aromatic heterocycles. The van der Waals surface area contributed by atoms with E-state index in [-0.39, 0.29) is 5.91 Å². The summed E-state index contributed by atoms with van der Waals surface area (Å²) in [5, 5.41) is 1.06. The Kier molecular flexibility index (Phi) is 3.70. The molecule has 106 valence electrons. The molecule has 1 aliphatic heterocycles. The second-order valence-electron chi connectivity index (χ2n) is 4.82. The van der Waals surface area contributed by atoms with Crippen molar-refractivity contribution in [1.29, 1.82) is 0 Å². The summed E-state index contributed by atoms with van der Waals surface area (Å²) in [7, 11) is 0. The van der Waals surface area contributed by atoms with Crippen LogP contribution in [0.25, 0.3) is 12.2 Å². The van der Waals surface area contributed by atoms with Gasteiger partial charge in [-0.1, -0.05) is 35.3 Å². The number of aromatic nitrogens is 1. The molecule has 0 saturated carbocycles. The summed E-state index contributed by atoms with van der Waals surface area (Å²) in [6.07, 6.45) is 3.80.